The highest BCUT2D eigenvalue weighted by Gasteiger charge is 2.03. The predicted molar refractivity (Wildman–Crippen MR) is 57.9 cm³/mol. The maximum absolute atomic E-state index is 5.53. The molecule has 0 fully saturated rings. The molecule has 78 valence electrons. The molecule has 0 aliphatic heterocycles. The third-order valence-electron chi connectivity index (χ3n) is 1.78. The first kappa shape index (κ1) is 10.9. The molecule has 0 aliphatic rings. The Balaban J connectivity index is 2.59. The van der Waals surface area contributed by atoms with Gasteiger partial charge in [0.25, 0.3) is 0 Å². The Kier molecular flexibility index (Phi) is 3.83. The quantitative estimate of drug-likeness (QED) is 0.835. The van der Waals surface area contributed by atoms with E-state index in [1.54, 1.807) is 17.3 Å². The Morgan fingerprint density at radius 3 is 3.00 bits per heavy atom. The fourth-order valence-corrected chi connectivity index (χ4v) is 1.07. The second-order valence-electron chi connectivity index (χ2n) is 3.00. The summed E-state index contributed by atoms with van der Waals surface area (Å²) in [4.78, 5) is 0. The minimum atomic E-state index is 0.684. The van der Waals surface area contributed by atoms with Crippen LogP contribution in [0.15, 0.2) is 17.2 Å². The second-order valence-corrected chi connectivity index (χ2v) is 3.22. The lowest BCUT2D eigenvalue weighted by atomic mass is 10.3. The van der Waals surface area contributed by atoms with Gasteiger partial charge in [-0.05, 0) is 12.5 Å². The van der Waals surface area contributed by atoms with Crippen LogP contribution in [0.5, 0.6) is 5.88 Å². The first-order valence-corrected chi connectivity index (χ1v) is 4.68. The number of rotatable bonds is 4. The van der Waals surface area contributed by atoms with E-state index in [2.05, 4.69) is 10.4 Å². The molecular formula is C9H14ClN3O. The second kappa shape index (κ2) is 4.91. The lowest BCUT2D eigenvalue weighted by Gasteiger charge is -2.00. The molecule has 0 spiro atoms. The zero-order chi connectivity index (χ0) is 10.6. The van der Waals surface area contributed by atoms with Crippen LogP contribution >= 0.6 is 11.6 Å². The van der Waals surface area contributed by atoms with E-state index in [-0.39, 0.29) is 0 Å². The van der Waals surface area contributed by atoms with Gasteiger partial charge in [-0.3, -0.25) is 0 Å². The molecule has 0 aromatic carbocycles. The SMILES string of the molecule is COc1cc(NC/C(C)=C/Cl)nn1C. The summed E-state index contributed by atoms with van der Waals surface area (Å²) in [7, 11) is 3.44. The van der Waals surface area contributed by atoms with Crippen LogP contribution in [0.25, 0.3) is 0 Å². The lowest BCUT2D eigenvalue weighted by Crippen LogP contribution is -2.03. The van der Waals surface area contributed by atoms with Gasteiger partial charge in [-0.1, -0.05) is 11.6 Å². The van der Waals surface area contributed by atoms with E-state index in [1.165, 1.54) is 0 Å². The van der Waals surface area contributed by atoms with Gasteiger partial charge in [-0.15, -0.1) is 0 Å². The van der Waals surface area contributed by atoms with Crippen molar-refractivity contribution in [3.63, 3.8) is 0 Å². The number of anilines is 1. The van der Waals surface area contributed by atoms with Crippen molar-refractivity contribution in [1.82, 2.24) is 9.78 Å². The normalized spacial score (nSPS) is 11.6. The van der Waals surface area contributed by atoms with Crippen LogP contribution in [0.1, 0.15) is 6.92 Å². The van der Waals surface area contributed by atoms with Gasteiger partial charge in [0.2, 0.25) is 5.88 Å². The summed E-state index contributed by atoms with van der Waals surface area (Å²) in [5.41, 5.74) is 2.60. The van der Waals surface area contributed by atoms with E-state index in [0.717, 1.165) is 17.3 Å². The van der Waals surface area contributed by atoms with Crippen molar-refractivity contribution >= 4 is 17.4 Å². The number of aromatic nitrogens is 2. The molecule has 5 heteroatoms. The first-order chi connectivity index (χ1) is 6.67. The average Bonchev–Trinajstić information content (AvgIpc) is 2.55. The zero-order valence-electron chi connectivity index (χ0n) is 8.54. The highest BCUT2D eigenvalue weighted by atomic mass is 35.5. The number of methoxy groups -OCH3 is 1. The lowest BCUT2D eigenvalue weighted by molar-refractivity contribution is 0.373. The topological polar surface area (TPSA) is 39.1 Å². The monoisotopic (exact) mass is 215 g/mol. The molecule has 0 atom stereocenters. The summed E-state index contributed by atoms with van der Waals surface area (Å²) >= 11 is 5.53. The number of hydrogen-bond donors (Lipinski definition) is 1. The van der Waals surface area contributed by atoms with E-state index in [9.17, 15) is 0 Å². The fourth-order valence-electron chi connectivity index (χ4n) is 0.996. The number of halogens is 1. The third-order valence-corrected chi connectivity index (χ3v) is 2.15. The van der Waals surface area contributed by atoms with E-state index < -0.39 is 0 Å². The summed E-state index contributed by atoms with van der Waals surface area (Å²) in [5.74, 6) is 1.50. The molecule has 1 rings (SSSR count). The van der Waals surface area contributed by atoms with Gasteiger partial charge in [-0.2, -0.15) is 5.10 Å². The van der Waals surface area contributed by atoms with E-state index in [0.29, 0.717) is 6.54 Å². The maximum Gasteiger partial charge on any atom is 0.213 e. The van der Waals surface area contributed by atoms with E-state index >= 15 is 0 Å². The summed E-state index contributed by atoms with van der Waals surface area (Å²) in [6, 6.07) is 1.83. The summed E-state index contributed by atoms with van der Waals surface area (Å²) in [6.07, 6.45) is 0. The summed E-state index contributed by atoms with van der Waals surface area (Å²) < 4.78 is 6.75. The molecule has 0 amide bonds. The van der Waals surface area contributed by atoms with Crippen molar-refractivity contribution in [3.05, 3.63) is 17.2 Å². The van der Waals surface area contributed by atoms with Crippen LogP contribution in [0.4, 0.5) is 5.82 Å². The number of nitrogens with zero attached hydrogens (tertiary/aromatic N) is 2. The van der Waals surface area contributed by atoms with E-state index in [4.69, 9.17) is 16.3 Å². The van der Waals surface area contributed by atoms with Gasteiger partial charge in [0.1, 0.15) is 0 Å². The molecule has 0 saturated carbocycles. The Hall–Kier alpha value is -1.16. The Labute approximate surface area is 88.5 Å². The smallest absolute Gasteiger partial charge is 0.213 e. The maximum atomic E-state index is 5.53. The third kappa shape index (κ3) is 2.67. The first-order valence-electron chi connectivity index (χ1n) is 4.25. The molecule has 4 nitrogen and oxygen atoms in total. The van der Waals surface area contributed by atoms with Crippen LogP contribution in [-0.4, -0.2) is 23.4 Å². The Bertz CT molecular complexity index is 333. The molecule has 0 saturated heterocycles. The Morgan fingerprint density at radius 2 is 2.50 bits per heavy atom. The van der Waals surface area contributed by atoms with Gasteiger partial charge in [0, 0.05) is 25.2 Å². The van der Waals surface area contributed by atoms with Crippen LogP contribution < -0.4 is 10.1 Å². The van der Waals surface area contributed by atoms with Gasteiger partial charge < -0.3 is 10.1 Å². The van der Waals surface area contributed by atoms with Crippen LogP contribution in [0, 0.1) is 0 Å². The zero-order valence-corrected chi connectivity index (χ0v) is 9.30. The standard InChI is InChI=1S/C9H14ClN3O/c1-7(5-10)6-11-8-4-9(14-3)13(2)12-8/h4-5H,6H2,1-3H3,(H,11,12)/b7-5+. The molecule has 0 radical (unpaired) electrons. The molecule has 0 bridgehead atoms. The van der Waals surface area contributed by atoms with Crippen molar-refractivity contribution in [3.8, 4) is 5.88 Å². The van der Waals surface area contributed by atoms with Crippen LogP contribution in [0.2, 0.25) is 0 Å². The van der Waals surface area contributed by atoms with Crippen LogP contribution in [0.3, 0.4) is 0 Å². The largest absolute Gasteiger partial charge is 0.481 e. The molecule has 0 unspecified atom stereocenters. The molecular weight excluding hydrogens is 202 g/mol. The Morgan fingerprint density at radius 1 is 1.79 bits per heavy atom. The van der Waals surface area contributed by atoms with E-state index in [1.807, 2.05) is 20.0 Å². The highest BCUT2D eigenvalue weighted by Crippen LogP contribution is 2.15. The minimum Gasteiger partial charge on any atom is -0.481 e. The minimum absolute atomic E-state index is 0.684. The average molecular weight is 216 g/mol. The number of hydrogen-bond acceptors (Lipinski definition) is 3. The number of aryl methyl sites for hydroxylation is 1. The molecule has 1 N–H and O–H groups in total. The summed E-state index contributed by atoms with van der Waals surface area (Å²) in [6.45, 7) is 2.63. The molecule has 1 aromatic heterocycles. The van der Waals surface area contributed by atoms with Crippen molar-refractivity contribution in [2.45, 2.75) is 6.92 Å². The van der Waals surface area contributed by atoms with Crippen molar-refractivity contribution in [2.24, 2.45) is 7.05 Å². The van der Waals surface area contributed by atoms with Gasteiger partial charge in [-0.25, -0.2) is 4.68 Å². The number of ether oxygens (including phenoxy) is 1. The molecule has 1 aromatic rings. The predicted octanol–water partition coefficient (Wildman–Crippen LogP) is 1.98. The molecule has 1 heterocycles. The molecule has 0 aliphatic carbocycles. The fraction of sp³-hybridized carbons (Fsp3) is 0.444. The number of nitrogens with one attached hydrogen (secondary N) is 1. The van der Waals surface area contributed by atoms with Crippen molar-refractivity contribution in [1.29, 1.82) is 0 Å². The molecule has 14 heavy (non-hydrogen) atoms. The van der Waals surface area contributed by atoms with Crippen LogP contribution in [-0.2, 0) is 7.05 Å². The van der Waals surface area contributed by atoms with Crippen molar-refractivity contribution < 1.29 is 4.74 Å². The van der Waals surface area contributed by atoms with Crippen molar-refractivity contribution in [2.75, 3.05) is 19.0 Å². The van der Waals surface area contributed by atoms with Gasteiger partial charge in [0.05, 0.1) is 7.11 Å². The highest BCUT2D eigenvalue weighted by molar-refractivity contribution is 6.25. The van der Waals surface area contributed by atoms with Gasteiger partial charge >= 0.3 is 0 Å². The van der Waals surface area contributed by atoms with Gasteiger partial charge in [0.15, 0.2) is 5.82 Å². The summed E-state index contributed by atoms with van der Waals surface area (Å²) in [5, 5.41) is 7.32.